The molecule has 6 nitrogen and oxygen atoms in total. The van der Waals surface area contributed by atoms with E-state index < -0.39 is 6.09 Å². The summed E-state index contributed by atoms with van der Waals surface area (Å²) in [6.07, 6.45) is 2.80. The normalized spacial score (nSPS) is 10.9. The van der Waals surface area contributed by atoms with Gasteiger partial charge in [0.2, 0.25) is 5.95 Å². The van der Waals surface area contributed by atoms with E-state index in [1.54, 1.807) is 13.2 Å². The van der Waals surface area contributed by atoms with E-state index in [4.69, 9.17) is 19.4 Å². The molecule has 0 atom stereocenters. The Balaban J connectivity index is 2.01. The summed E-state index contributed by atoms with van der Waals surface area (Å²) in [5.41, 5.74) is 3.37. The summed E-state index contributed by atoms with van der Waals surface area (Å²) in [5, 5.41) is 0.895. The molecule has 0 aliphatic rings. The zero-order chi connectivity index (χ0) is 23.1. The van der Waals surface area contributed by atoms with Crippen molar-refractivity contribution >= 4 is 29.0 Å². The van der Waals surface area contributed by atoms with Crippen molar-refractivity contribution in [2.24, 2.45) is 5.92 Å². The van der Waals surface area contributed by atoms with Gasteiger partial charge in [-0.2, -0.15) is 0 Å². The molecule has 0 saturated heterocycles. The largest absolute Gasteiger partial charge is 0.494 e. The number of nitrogens with zero attached hydrogens (tertiary/aromatic N) is 3. The third kappa shape index (κ3) is 5.44. The second-order valence-electron chi connectivity index (χ2n) is 8.02. The number of carbonyl (C=O) groups excluding carboxylic acids is 1. The molecule has 0 N–H and O–H groups in total. The molecule has 0 saturated carbocycles. The van der Waals surface area contributed by atoms with Gasteiger partial charge in [0.25, 0.3) is 0 Å². The van der Waals surface area contributed by atoms with E-state index in [9.17, 15) is 4.79 Å². The first-order valence-electron chi connectivity index (χ1n) is 11.0. The lowest BCUT2D eigenvalue weighted by molar-refractivity contribution is 0.146. The number of aromatic nitrogens is 2. The first-order chi connectivity index (χ1) is 15.5. The molecule has 6 heteroatoms. The first-order valence-corrected chi connectivity index (χ1v) is 11.0. The Morgan fingerprint density at radius 1 is 1.19 bits per heavy atom. The number of rotatable bonds is 9. The van der Waals surface area contributed by atoms with Gasteiger partial charge in [-0.15, -0.1) is 0 Å². The number of anilines is 1. The fourth-order valence-electron chi connectivity index (χ4n) is 3.39. The summed E-state index contributed by atoms with van der Waals surface area (Å²) < 4.78 is 11.2. The average molecular weight is 434 g/mol. The molecule has 0 unspecified atom stereocenters. The lowest BCUT2D eigenvalue weighted by atomic mass is 10.1. The van der Waals surface area contributed by atoms with Crippen molar-refractivity contribution in [3.63, 3.8) is 0 Å². The minimum absolute atomic E-state index is 0.193. The number of hydrogen-bond donors (Lipinski definition) is 0. The van der Waals surface area contributed by atoms with E-state index in [1.807, 2.05) is 49.4 Å². The van der Waals surface area contributed by atoms with Crippen LogP contribution in [0.15, 0.2) is 49.0 Å². The van der Waals surface area contributed by atoms with Crippen LogP contribution in [0.4, 0.5) is 10.7 Å². The predicted octanol–water partition coefficient (Wildman–Crippen LogP) is 6.03. The van der Waals surface area contributed by atoms with Crippen molar-refractivity contribution in [1.29, 1.82) is 0 Å². The Morgan fingerprint density at radius 3 is 2.56 bits per heavy atom. The molecule has 1 amide bonds. The lowest BCUT2D eigenvalue weighted by Gasteiger charge is -2.22. The molecule has 0 aliphatic carbocycles. The van der Waals surface area contributed by atoms with Crippen LogP contribution in [-0.2, 0) is 17.8 Å². The monoisotopic (exact) mass is 433 g/mol. The summed E-state index contributed by atoms with van der Waals surface area (Å²) in [6, 6.07) is 13.5. The van der Waals surface area contributed by atoms with Gasteiger partial charge < -0.3 is 9.47 Å². The highest BCUT2D eigenvalue weighted by molar-refractivity contribution is 5.92. The quantitative estimate of drug-likeness (QED) is 0.412. The molecular formula is C26H31N3O3. The summed E-state index contributed by atoms with van der Waals surface area (Å²) in [4.78, 5) is 24.1. The summed E-state index contributed by atoms with van der Waals surface area (Å²) in [5.74, 6) is 1.37. The van der Waals surface area contributed by atoms with Crippen LogP contribution in [0.1, 0.15) is 44.0 Å². The minimum Gasteiger partial charge on any atom is -0.494 e. The van der Waals surface area contributed by atoms with E-state index in [0.29, 0.717) is 36.1 Å². The van der Waals surface area contributed by atoms with Gasteiger partial charge >= 0.3 is 6.09 Å². The summed E-state index contributed by atoms with van der Waals surface area (Å²) in [7, 11) is 1.61. The van der Waals surface area contributed by atoms with Gasteiger partial charge in [-0.3, -0.25) is 0 Å². The Hall–Kier alpha value is -3.41. The summed E-state index contributed by atoms with van der Waals surface area (Å²) in [6.45, 7) is 10.8. The van der Waals surface area contributed by atoms with Gasteiger partial charge in [0.05, 0.1) is 12.8 Å². The van der Waals surface area contributed by atoms with Gasteiger partial charge in [-0.05, 0) is 42.0 Å². The van der Waals surface area contributed by atoms with E-state index >= 15 is 0 Å². The van der Waals surface area contributed by atoms with E-state index in [2.05, 4.69) is 20.4 Å². The van der Waals surface area contributed by atoms with Crippen LogP contribution in [0, 0.1) is 5.92 Å². The van der Waals surface area contributed by atoms with Gasteiger partial charge in [0.15, 0.2) is 0 Å². The number of aryl methyl sites for hydroxylation is 1. The van der Waals surface area contributed by atoms with Crippen molar-refractivity contribution in [2.45, 2.75) is 40.2 Å². The van der Waals surface area contributed by atoms with E-state index in [1.165, 1.54) is 4.90 Å². The molecule has 0 radical (unpaired) electrons. The van der Waals surface area contributed by atoms with Crippen molar-refractivity contribution < 1.29 is 14.3 Å². The Morgan fingerprint density at radius 2 is 1.94 bits per heavy atom. The first kappa shape index (κ1) is 23.3. The number of amides is 1. The second-order valence-corrected chi connectivity index (χ2v) is 8.02. The van der Waals surface area contributed by atoms with Crippen LogP contribution >= 0.6 is 0 Å². The highest BCUT2D eigenvalue weighted by Gasteiger charge is 2.23. The SMILES string of the molecule is C=Cc1cc(OC)c2nc(N(CCC(C)C)C(=O)OCc3ccccc3)nc(CC)c2c1. The maximum absolute atomic E-state index is 13.1. The molecule has 1 heterocycles. The smallest absolute Gasteiger partial charge is 0.417 e. The molecule has 0 aliphatic heterocycles. The number of fused-ring (bicyclic) bond motifs is 1. The maximum atomic E-state index is 13.1. The van der Waals surface area contributed by atoms with Crippen LogP contribution in [0.5, 0.6) is 5.75 Å². The third-order valence-electron chi connectivity index (χ3n) is 5.24. The highest BCUT2D eigenvalue weighted by Crippen LogP contribution is 2.30. The van der Waals surface area contributed by atoms with Crippen molar-refractivity contribution in [2.75, 3.05) is 18.6 Å². The van der Waals surface area contributed by atoms with Crippen LogP contribution in [0.2, 0.25) is 0 Å². The zero-order valence-electron chi connectivity index (χ0n) is 19.3. The fourth-order valence-corrected chi connectivity index (χ4v) is 3.39. The van der Waals surface area contributed by atoms with Crippen molar-refractivity contribution in [3.05, 3.63) is 65.9 Å². The van der Waals surface area contributed by atoms with E-state index in [0.717, 1.165) is 28.6 Å². The van der Waals surface area contributed by atoms with Crippen molar-refractivity contribution in [1.82, 2.24) is 9.97 Å². The standard InChI is InChI=1S/C26H31N3O3/c1-6-19-15-21-22(7-2)27-25(28-24(21)23(16-19)31-5)29(14-13-18(3)4)26(30)32-17-20-11-9-8-10-12-20/h6,8-12,15-16,18H,1,7,13-14,17H2,2-5H3. The van der Waals surface area contributed by atoms with Crippen LogP contribution in [-0.4, -0.2) is 29.7 Å². The molecule has 32 heavy (non-hydrogen) atoms. The molecule has 168 valence electrons. The molecule has 0 spiro atoms. The number of benzene rings is 2. The van der Waals surface area contributed by atoms with Gasteiger partial charge in [0.1, 0.15) is 17.9 Å². The summed E-state index contributed by atoms with van der Waals surface area (Å²) >= 11 is 0. The van der Waals surface area contributed by atoms with E-state index in [-0.39, 0.29) is 6.61 Å². The molecule has 3 aromatic rings. The Bertz CT molecular complexity index is 1080. The maximum Gasteiger partial charge on any atom is 0.417 e. The molecule has 3 rings (SSSR count). The fraction of sp³-hybridized carbons (Fsp3) is 0.346. The Kier molecular flexibility index (Phi) is 7.82. The topological polar surface area (TPSA) is 64.5 Å². The van der Waals surface area contributed by atoms with Crippen LogP contribution < -0.4 is 9.64 Å². The van der Waals surface area contributed by atoms with Crippen molar-refractivity contribution in [3.8, 4) is 5.75 Å². The third-order valence-corrected chi connectivity index (χ3v) is 5.24. The van der Waals surface area contributed by atoms with Gasteiger partial charge in [-0.1, -0.05) is 63.8 Å². The molecule has 2 aromatic carbocycles. The zero-order valence-corrected chi connectivity index (χ0v) is 19.3. The second kappa shape index (κ2) is 10.8. The minimum atomic E-state index is -0.461. The number of ether oxygens (including phenoxy) is 2. The van der Waals surface area contributed by atoms with Crippen LogP contribution in [0.3, 0.4) is 0 Å². The molecule has 0 bridgehead atoms. The molecule has 1 aromatic heterocycles. The van der Waals surface area contributed by atoms with Gasteiger partial charge in [-0.25, -0.2) is 19.7 Å². The highest BCUT2D eigenvalue weighted by atomic mass is 16.6. The number of methoxy groups -OCH3 is 1. The van der Waals surface area contributed by atoms with Gasteiger partial charge in [0, 0.05) is 11.9 Å². The van der Waals surface area contributed by atoms with Crippen LogP contribution in [0.25, 0.3) is 17.0 Å². The average Bonchev–Trinajstić information content (AvgIpc) is 2.82. The number of carbonyl (C=O) groups is 1. The molecule has 0 fully saturated rings. The lowest BCUT2D eigenvalue weighted by Crippen LogP contribution is -2.34. The predicted molar refractivity (Wildman–Crippen MR) is 129 cm³/mol. The number of hydrogen-bond acceptors (Lipinski definition) is 5. The molecular weight excluding hydrogens is 402 g/mol. The Labute approximate surface area is 189 Å².